The number of rotatable bonds is 4. The summed E-state index contributed by atoms with van der Waals surface area (Å²) >= 11 is 3.30. The Morgan fingerprint density at radius 1 is 1.20 bits per heavy atom. The summed E-state index contributed by atoms with van der Waals surface area (Å²) in [6.07, 6.45) is 0. The second-order valence-corrected chi connectivity index (χ2v) is 5.79. The summed E-state index contributed by atoms with van der Waals surface area (Å²) < 4.78 is 5.90. The Bertz CT molecular complexity index is 977. The zero-order valence-corrected chi connectivity index (χ0v) is 14.5. The molecule has 1 N–H and O–H groups in total. The van der Waals surface area contributed by atoms with E-state index in [1.165, 1.54) is 7.11 Å². The molecule has 2 aromatic carbocycles. The average Bonchev–Trinajstić information content (AvgIpc) is 2.94. The number of nitrogens with zero attached hydrogens (tertiary/aromatic N) is 5. The fourth-order valence-electron chi connectivity index (χ4n) is 2.09. The van der Waals surface area contributed by atoms with Gasteiger partial charge in [-0.25, -0.2) is 4.99 Å². The van der Waals surface area contributed by atoms with Crippen molar-refractivity contribution >= 4 is 27.4 Å². The monoisotopic (exact) mass is 405 g/mol. The Morgan fingerprint density at radius 3 is 2.40 bits per heavy atom. The van der Waals surface area contributed by atoms with E-state index in [0.717, 1.165) is 9.27 Å². The van der Waals surface area contributed by atoms with Gasteiger partial charge >= 0.3 is 5.82 Å². The molecule has 0 atom stereocenters. The van der Waals surface area contributed by atoms with Crippen molar-refractivity contribution in [3.05, 3.63) is 68.6 Å². The molecule has 0 aliphatic rings. The number of benzene rings is 2. The van der Waals surface area contributed by atoms with Crippen LogP contribution in [0.1, 0.15) is 0 Å². The van der Waals surface area contributed by atoms with E-state index >= 15 is 0 Å². The zero-order valence-electron chi connectivity index (χ0n) is 12.9. The highest BCUT2D eigenvalue weighted by Gasteiger charge is 2.24. The smallest absolute Gasteiger partial charge is 0.438 e. The molecule has 0 unspecified atom stereocenters. The first-order valence-corrected chi connectivity index (χ1v) is 7.79. The summed E-state index contributed by atoms with van der Waals surface area (Å²) in [4.78, 5) is 16.2. The second-order valence-electron chi connectivity index (χ2n) is 4.87. The van der Waals surface area contributed by atoms with E-state index in [1.54, 1.807) is 48.5 Å². The lowest BCUT2D eigenvalue weighted by atomic mass is 10.3. The lowest BCUT2D eigenvalue weighted by Gasteiger charge is -2.02. The highest BCUT2D eigenvalue weighted by Crippen LogP contribution is 2.18. The number of aromatic nitrogens is 3. The van der Waals surface area contributed by atoms with Crippen molar-refractivity contribution in [3.8, 4) is 11.4 Å². The number of nitro groups is 1. The third kappa shape index (κ3) is 3.38. The van der Waals surface area contributed by atoms with Crippen molar-refractivity contribution in [2.24, 2.45) is 4.99 Å². The standard InChI is InChI=1S/C15H12BrN5O4/c1-25-13-8-6-12(7-9-13)19-18-15(21(23)24)14(20(19)22)17-11-4-2-10(16)3-5-11/h2-9,22H,1H3. The molecule has 0 radical (unpaired) electrons. The van der Waals surface area contributed by atoms with Crippen LogP contribution in [-0.2, 0) is 0 Å². The Hall–Kier alpha value is -3.14. The van der Waals surface area contributed by atoms with Crippen LogP contribution in [0.15, 0.2) is 58.0 Å². The molecule has 0 saturated carbocycles. The van der Waals surface area contributed by atoms with Crippen LogP contribution in [-0.4, -0.2) is 32.0 Å². The first kappa shape index (κ1) is 16.7. The van der Waals surface area contributed by atoms with Gasteiger partial charge in [0.2, 0.25) is 0 Å². The van der Waals surface area contributed by atoms with Gasteiger partial charge in [0.05, 0.1) is 17.9 Å². The Labute approximate surface area is 149 Å². The van der Waals surface area contributed by atoms with Crippen molar-refractivity contribution in [2.75, 3.05) is 7.11 Å². The minimum absolute atomic E-state index is 0.289. The minimum Gasteiger partial charge on any atom is -0.497 e. The van der Waals surface area contributed by atoms with Crippen LogP contribution in [0.4, 0.5) is 11.5 Å². The molecule has 10 heteroatoms. The van der Waals surface area contributed by atoms with Crippen LogP contribution in [0.3, 0.4) is 0 Å². The van der Waals surface area contributed by atoms with Crippen molar-refractivity contribution in [1.82, 2.24) is 14.7 Å². The number of methoxy groups -OCH3 is 1. The fourth-order valence-corrected chi connectivity index (χ4v) is 2.35. The lowest BCUT2D eigenvalue weighted by molar-refractivity contribution is -0.391. The highest BCUT2D eigenvalue weighted by atomic mass is 79.9. The SMILES string of the molecule is COc1ccc(-n2nc([N+](=O)[O-])c(=Nc3ccc(Br)cc3)n2O)cc1. The molecule has 128 valence electrons. The van der Waals surface area contributed by atoms with Crippen molar-refractivity contribution in [1.29, 1.82) is 0 Å². The first-order chi connectivity index (χ1) is 12.0. The Morgan fingerprint density at radius 2 is 1.84 bits per heavy atom. The molecular formula is C15H12BrN5O4. The molecule has 0 bridgehead atoms. The molecule has 0 aliphatic heterocycles. The van der Waals surface area contributed by atoms with Gasteiger partial charge in [0, 0.05) is 4.47 Å². The van der Waals surface area contributed by atoms with E-state index in [9.17, 15) is 15.3 Å². The Kier molecular flexibility index (Phi) is 4.52. The van der Waals surface area contributed by atoms with E-state index < -0.39 is 10.7 Å². The number of halogens is 1. The van der Waals surface area contributed by atoms with Gasteiger partial charge in [-0.05, 0) is 58.3 Å². The fraction of sp³-hybridized carbons (Fsp3) is 0.0667. The van der Waals surface area contributed by atoms with Crippen LogP contribution in [0.25, 0.3) is 5.69 Å². The molecule has 3 aromatic rings. The lowest BCUT2D eigenvalue weighted by Crippen LogP contribution is -2.22. The molecule has 0 amide bonds. The maximum Gasteiger partial charge on any atom is 0.438 e. The summed E-state index contributed by atoms with van der Waals surface area (Å²) in [6, 6.07) is 13.3. The predicted octanol–water partition coefficient (Wildman–Crippen LogP) is 2.82. The van der Waals surface area contributed by atoms with Crippen molar-refractivity contribution in [3.63, 3.8) is 0 Å². The number of ether oxygens (including phenoxy) is 1. The van der Waals surface area contributed by atoms with Gasteiger partial charge in [-0.2, -0.15) is 0 Å². The molecule has 0 fully saturated rings. The molecule has 1 aromatic heterocycles. The molecule has 9 nitrogen and oxygen atoms in total. The number of hydrogen-bond acceptors (Lipinski definition) is 6. The van der Waals surface area contributed by atoms with Gasteiger partial charge in [0.1, 0.15) is 11.4 Å². The Balaban J connectivity index is 2.16. The van der Waals surface area contributed by atoms with Crippen molar-refractivity contribution < 1.29 is 14.9 Å². The van der Waals surface area contributed by atoms with Gasteiger partial charge in [0.25, 0.3) is 5.49 Å². The predicted molar refractivity (Wildman–Crippen MR) is 91.3 cm³/mol. The third-order valence-electron chi connectivity index (χ3n) is 3.30. The van der Waals surface area contributed by atoms with Gasteiger partial charge in [0.15, 0.2) is 0 Å². The van der Waals surface area contributed by atoms with Crippen LogP contribution < -0.4 is 10.2 Å². The maximum atomic E-state index is 11.3. The minimum atomic E-state index is -0.704. The quantitative estimate of drug-likeness (QED) is 0.407. The second kappa shape index (κ2) is 6.77. The first-order valence-electron chi connectivity index (χ1n) is 7.00. The molecule has 3 rings (SSSR count). The zero-order chi connectivity index (χ0) is 18.0. The van der Waals surface area contributed by atoms with E-state index in [2.05, 4.69) is 26.0 Å². The van der Waals surface area contributed by atoms with Crippen LogP contribution in [0.5, 0.6) is 5.75 Å². The van der Waals surface area contributed by atoms with Crippen molar-refractivity contribution in [2.45, 2.75) is 0 Å². The maximum absolute atomic E-state index is 11.3. The van der Waals surface area contributed by atoms with Crippen LogP contribution in [0, 0.1) is 10.1 Å². The molecule has 25 heavy (non-hydrogen) atoms. The summed E-state index contributed by atoms with van der Waals surface area (Å²) in [6.45, 7) is 0. The summed E-state index contributed by atoms with van der Waals surface area (Å²) in [5.74, 6) is 0.0379. The molecule has 0 aliphatic carbocycles. The third-order valence-corrected chi connectivity index (χ3v) is 3.82. The van der Waals surface area contributed by atoms with E-state index in [-0.39, 0.29) is 5.49 Å². The molecular weight excluding hydrogens is 394 g/mol. The van der Waals surface area contributed by atoms with Gasteiger partial charge in [-0.15, -0.1) is 0 Å². The summed E-state index contributed by atoms with van der Waals surface area (Å²) in [5, 5.41) is 25.4. The van der Waals surface area contributed by atoms with E-state index in [0.29, 0.717) is 22.0 Å². The topological polar surface area (TPSA) is 108 Å². The van der Waals surface area contributed by atoms with E-state index in [4.69, 9.17) is 4.74 Å². The summed E-state index contributed by atoms with van der Waals surface area (Å²) in [5.41, 5.74) is 0.551. The molecule has 0 spiro atoms. The highest BCUT2D eigenvalue weighted by molar-refractivity contribution is 9.10. The largest absolute Gasteiger partial charge is 0.497 e. The molecule has 1 heterocycles. The van der Waals surface area contributed by atoms with Gasteiger partial charge < -0.3 is 20.1 Å². The normalized spacial score (nSPS) is 11.5. The number of hydrogen-bond donors (Lipinski definition) is 1. The summed E-state index contributed by atoms with van der Waals surface area (Å²) in [7, 11) is 1.52. The molecule has 0 saturated heterocycles. The average molecular weight is 406 g/mol. The van der Waals surface area contributed by atoms with Crippen LogP contribution >= 0.6 is 15.9 Å². The van der Waals surface area contributed by atoms with Gasteiger partial charge in [-0.1, -0.05) is 20.8 Å². The van der Waals surface area contributed by atoms with E-state index in [1.807, 2.05) is 0 Å². The van der Waals surface area contributed by atoms with Crippen LogP contribution in [0.2, 0.25) is 0 Å². The van der Waals surface area contributed by atoms with Gasteiger partial charge in [-0.3, -0.25) is 0 Å².